The highest BCUT2D eigenvalue weighted by molar-refractivity contribution is 5.92. The molecule has 0 amide bonds. The molecule has 1 aromatic carbocycles. The number of benzene rings is 1. The molecule has 0 aromatic heterocycles. The van der Waals surface area contributed by atoms with Crippen LogP contribution in [-0.4, -0.2) is 39.4 Å². The number of hydrogen-bond donors (Lipinski definition) is 1. The van der Waals surface area contributed by atoms with Crippen LogP contribution in [0.5, 0.6) is 0 Å². The maximum absolute atomic E-state index is 11.7. The van der Waals surface area contributed by atoms with Crippen LogP contribution in [0, 0.1) is 5.92 Å². The SMILES string of the molecule is CCOC(=O)c1ccc(N2CCC(COC)CC2)c(N)c1. The Bertz CT molecular complexity index is 482. The lowest BCUT2D eigenvalue weighted by Gasteiger charge is -2.34. The van der Waals surface area contributed by atoms with Crippen LogP contribution >= 0.6 is 0 Å². The van der Waals surface area contributed by atoms with E-state index < -0.39 is 0 Å². The molecule has 1 aliphatic rings. The normalized spacial score (nSPS) is 16.0. The van der Waals surface area contributed by atoms with Crippen molar-refractivity contribution in [3.05, 3.63) is 23.8 Å². The van der Waals surface area contributed by atoms with Crippen molar-refractivity contribution in [1.82, 2.24) is 0 Å². The molecule has 1 heterocycles. The van der Waals surface area contributed by atoms with Crippen molar-refractivity contribution >= 4 is 17.3 Å². The van der Waals surface area contributed by atoms with E-state index in [0.29, 0.717) is 23.8 Å². The van der Waals surface area contributed by atoms with Gasteiger partial charge in [-0.2, -0.15) is 0 Å². The number of carbonyl (C=O) groups is 1. The third kappa shape index (κ3) is 3.88. The Morgan fingerprint density at radius 1 is 1.38 bits per heavy atom. The number of rotatable bonds is 5. The molecule has 1 aromatic rings. The Hall–Kier alpha value is -1.75. The van der Waals surface area contributed by atoms with E-state index in [1.54, 1.807) is 26.2 Å². The van der Waals surface area contributed by atoms with Crippen LogP contribution < -0.4 is 10.6 Å². The van der Waals surface area contributed by atoms with E-state index in [-0.39, 0.29) is 5.97 Å². The van der Waals surface area contributed by atoms with Crippen LogP contribution in [0.15, 0.2) is 18.2 Å². The summed E-state index contributed by atoms with van der Waals surface area (Å²) in [6.45, 7) is 4.92. The Kier molecular flexibility index (Phi) is 5.44. The zero-order valence-corrected chi connectivity index (χ0v) is 12.8. The lowest BCUT2D eigenvalue weighted by molar-refractivity contribution is 0.0526. The van der Waals surface area contributed by atoms with Crippen LogP contribution in [0.4, 0.5) is 11.4 Å². The number of nitrogens with zero attached hydrogens (tertiary/aromatic N) is 1. The molecule has 0 saturated carbocycles. The third-order valence-corrected chi connectivity index (χ3v) is 3.90. The van der Waals surface area contributed by atoms with Crippen molar-refractivity contribution in [3.8, 4) is 0 Å². The van der Waals surface area contributed by atoms with E-state index in [1.165, 1.54) is 0 Å². The van der Waals surface area contributed by atoms with Gasteiger partial charge in [0.15, 0.2) is 0 Å². The zero-order chi connectivity index (χ0) is 15.2. The molecule has 5 nitrogen and oxygen atoms in total. The Morgan fingerprint density at radius 2 is 2.10 bits per heavy atom. The first-order chi connectivity index (χ1) is 10.2. The van der Waals surface area contributed by atoms with Crippen molar-refractivity contribution in [1.29, 1.82) is 0 Å². The molecule has 1 saturated heterocycles. The fraction of sp³-hybridized carbons (Fsp3) is 0.562. The van der Waals surface area contributed by atoms with Gasteiger partial charge in [0, 0.05) is 26.8 Å². The molecule has 1 aliphatic heterocycles. The maximum atomic E-state index is 11.7. The molecule has 0 bridgehead atoms. The highest BCUT2D eigenvalue weighted by Gasteiger charge is 2.21. The largest absolute Gasteiger partial charge is 0.462 e. The third-order valence-electron chi connectivity index (χ3n) is 3.90. The second-order valence-corrected chi connectivity index (χ2v) is 5.38. The van der Waals surface area contributed by atoms with Gasteiger partial charge in [-0.3, -0.25) is 0 Å². The van der Waals surface area contributed by atoms with Crippen molar-refractivity contribution < 1.29 is 14.3 Å². The van der Waals surface area contributed by atoms with Gasteiger partial charge in [0.1, 0.15) is 0 Å². The van der Waals surface area contributed by atoms with E-state index in [0.717, 1.165) is 38.2 Å². The number of carbonyl (C=O) groups excluding carboxylic acids is 1. The van der Waals surface area contributed by atoms with Gasteiger partial charge in [-0.15, -0.1) is 0 Å². The fourth-order valence-corrected chi connectivity index (χ4v) is 2.76. The summed E-state index contributed by atoms with van der Waals surface area (Å²) in [5.74, 6) is 0.306. The second kappa shape index (κ2) is 7.31. The number of nitrogens with two attached hydrogens (primary N) is 1. The summed E-state index contributed by atoms with van der Waals surface area (Å²) >= 11 is 0. The van der Waals surface area contributed by atoms with Crippen molar-refractivity contribution in [2.75, 3.05) is 44.0 Å². The first-order valence-corrected chi connectivity index (χ1v) is 7.46. The van der Waals surface area contributed by atoms with Gasteiger partial charge in [-0.25, -0.2) is 4.79 Å². The Balaban J connectivity index is 2.03. The standard InChI is InChI=1S/C16H24N2O3/c1-3-21-16(19)13-4-5-15(14(17)10-13)18-8-6-12(7-9-18)11-20-2/h4-5,10,12H,3,6-9,11,17H2,1-2H3. The topological polar surface area (TPSA) is 64.8 Å². The van der Waals surface area contributed by atoms with Gasteiger partial charge in [-0.1, -0.05) is 0 Å². The van der Waals surface area contributed by atoms with Crippen molar-refractivity contribution in [3.63, 3.8) is 0 Å². The molecule has 0 aliphatic carbocycles. The number of anilines is 2. The molecular weight excluding hydrogens is 268 g/mol. The van der Waals surface area contributed by atoms with Gasteiger partial charge in [0.2, 0.25) is 0 Å². The zero-order valence-electron chi connectivity index (χ0n) is 12.8. The van der Waals surface area contributed by atoms with Crippen LogP contribution in [-0.2, 0) is 9.47 Å². The summed E-state index contributed by atoms with van der Waals surface area (Å²) in [5, 5.41) is 0. The molecule has 2 N–H and O–H groups in total. The summed E-state index contributed by atoms with van der Waals surface area (Å²) < 4.78 is 10.2. The number of methoxy groups -OCH3 is 1. The van der Waals surface area contributed by atoms with Crippen LogP contribution in [0.1, 0.15) is 30.1 Å². The van der Waals surface area contributed by atoms with Crippen LogP contribution in [0.3, 0.4) is 0 Å². The summed E-state index contributed by atoms with van der Waals surface area (Å²) in [6.07, 6.45) is 2.21. The predicted octanol–water partition coefficient (Wildman–Crippen LogP) is 2.31. The lowest BCUT2D eigenvalue weighted by atomic mass is 9.97. The molecule has 21 heavy (non-hydrogen) atoms. The van der Waals surface area contributed by atoms with E-state index in [1.807, 2.05) is 6.07 Å². The van der Waals surface area contributed by atoms with Crippen molar-refractivity contribution in [2.45, 2.75) is 19.8 Å². The van der Waals surface area contributed by atoms with E-state index in [9.17, 15) is 4.79 Å². The maximum Gasteiger partial charge on any atom is 0.338 e. The molecule has 0 atom stereocenters. The smallest absolute Gasteiger partial charge is 0.338 e. The first kappa shape index (κ1) is 15.6. The van der Waals surface area contributed by atoms with Crippen molar-refractivity contribution in [2.24, 2.45) is 5.92 Å². The van der Waals surface area contributed by atoms with E-state index in [4.69, 9.17) is 15.2 Å². The van der Waals surface area contributed by atoms with E-state index in [2.05, 4.69) is 4.90 Å². The first-order valence-electron chi connectivity index (χ1n) is 7.46. The monoisotopic (exact) mass is 292 g/mol. The molecule has 0 unspecified atom stereocenters. The van der Waals surface area contributed by atoms with Gasteiger partial charge in [0.05, 0.1) is 23.5 Å². The molecule has 1 fully saturated rings. The summed E-state index contributed by atoms with van der Waals surface area (Å²) in [5.41, 5.74) is 8.24. The summed E-state index contributed by atoms with van der Waals surface area (Å²) in [7, 11) is 1.75. The highest BCUT2D eigenvalue weighted by Crippen LogP contribution is 2.29. The minimum absolute atomic E-state index is 0.324. The molecule has 116 valence electrons. The van der Waals surface area contributed by atoms with Gasteiger partial charge in [0.25, 0.3) is 0 Å². The van der Waals surface area contributed by atoms with Gasteiger partial charge in [-0.05, 0) is 43.9 Å². The number of esters is 1. The molecule has 0 radical (unpaired) electrons. The Labute approximate surface area is 126 Å². The average molecular weight is 292 g/mol. The number of nitrogen functional groups attached to an aromatic ring is 1. The molecular formula is C16H24N2O3. The fourth-order valence-electron chi connectivity index (χ4n) is 2.76. The summed E-state index contributed by atoms with van der Waals surface area (Å²) in [4.78, 5) is 14.0. The summed E-state index contributed by atoms with van der Waals surface area (Å²) in [6, 6.07) is 5.40. The van der Waals surface area contributed by atoms with E-state index >= 15 is 0 Å². The average Bonchev–Trinajstić information content (AvgIpc) is 2.49. The Morgan fingerprint density at radius 3 is 2.67 bits per heavy atom. The van der Waals surface area contributed by atoms with Gasteiger partial charge < -0.3 is 20.1 Å². The molecule has 5 heteroatoms. The highest BCUT2D eigenvalue weighted by atomic mass is 16.5. The molecule has 2 rings (SSSR count). The minimum atomic E-state index is -0.324. The van der Waals surface area contributed by atoms with Gasteiger partial charge >= 0.3 is 5.97 Å². The predicted molar refractivity (Wildman–Crippen MR) is 83.6 cm³/mol. The van der Waals surface area contributed by atoms with Crippen LogP contribution in [0.25, 0.3) is 0 Å². The quantitative estimate of drug-likeness (QED) is 0.666. The second-order valence-electron chi connectivity index (χ2n) is 5.38. The lowest BCUT2D eigenvalue weighted by Crippen LogP contribution is -2.35. The molecule has 0 spiro atoms. The number of ether oxygens (including phenoxy) is 2. The van der Waals surface area contributed by atoms with Crippen LogP contribution in [0.2, 0.25) is 0 Å². The number of piperidine rings is 1. The number of hydrogen-bond acceptors (Lipinski definition) is 5. The minimum Gasteiger partial charge on any atom is -0.462 e.